The first-order valence-electron chi connectivity index (χ1n) is 6.80. The molecule has 0 aromatic carbocycles. The molecule has 0 amide bonds. The molecule has 0 spiro atoms. The van der Waals surface area contributed by atoms with E-state index < -0.39 is 21.7 Å². The molecule has 0 unspecified atom stereocenters. The van der Waals surface area contributed by atoms with Crippen LogP contribution in [0.3, 0.4) is 0 Å². The second kappa shape index (κ2) is 5.98. The first kappa shape index (κ1) is 15.7. The maximum absolute atomic E-state index is 12.9. The highest BCUT2D eigenvalue weighted by molar-refractivity contribution is 7.89. The average Bonchev–Trinajstić information content (AvgIpc) is 3.04. The van der Waals surface area contributed by atoms with Crippen molar-refractivity contribution in [3.8, 4) is 0 Å². The molecule has 8 heteroatoms. The SMILES string of the molecule is C=CCN(C1CCCC1)S(=O)(=O)c1c(C(=O)O)n[nH]c1C. The Labute approximate surface area is 123 Å². The molecular formula is C13H19N3O4S. The van der Waals surface area contributed by atoms with Crippen LogP contribution in [-0.2, 0) is 10.0 Å². The summed E-state index contributed by atoms with van der Waals surface area (Å²) in [6, 6.07) is -0.107. The van der Waals surface area contributed by atoms with Gasteiger partial charge in [-0.15, -0.1) is 6.58 Å². The van der Waals surface area contributed by atoms with Gasteiger partial charge in [0.2, 0.25) is 10.0 Å². The standard InChI is InChI=1S/C13H19N3O4S/c1-3-8-16(10-6-4-5-7-10)21(19,20)12-9(2)14-15-11(12)13(17)18/h3,10H,1,4-8H2,2H3,(H,14,15)(H,17,18). The van der Waals surface area contributed by atoms with Gasteiger partial charge in [-0.25, -0.2) is 13.2 Å². The maximum atomic E-state index is 12.9. The van der Waals surface area contributed by atoms with Gasteiger partial charge in [-0.1, -0.05) is 18.9 Å². The number of carboxylic acids is 1. The first-order valence-corrected chi connectivity index (χ1v) is 8.24. The number of nitrogens with zero attached hydrogens (tertiary/aromatic N) is 2. The van der Waals surface area contributed by atoms with Gasteiger partial charge < -0.3 is 5.11 Å². The van der Waals surface area contributed by atoms with Gasteiger partial charge in [0.1, 0.15) is 4.90 Å². The summed E-state index contributed by atoms with van der Waals surface area (Å²) in [5.41, 5.74) is -0.223. The van der Waals surface area contributed by atoms with Crippen molar-refractivity contribution in [3.05, 3.63) is 24.0 Å². The fourth-order valence-electron chi connectivity index (χ4n) is 2.76. The normalized spacial score (nSPS) is 16.5. The smallest absolute Gasteiger partial charge is 0.357 e. The van der Waals surface area contributed by atoms with Crippen molar-refractivity contribution in [1.29, 1.82) is 0 Å². The summed E-state index contributed by atoms with van der Waals surface area (Å²) in [7, 11) is -3.92. The Morgan fingerprint density at radius 2 is 2.14 bits per heavy atom. The number of carbonyl (C=O) groups is 1. The quantitative estimate of drug-likeness (QED) is 0.775. The third-order valence-electron chi connectivity index (χ3n) is 3.70. The van der Waals surface area contributed by atoms with E-state index in [2.05, 4.69) is 16.8 Å². The molecular weight excluding hydrogens is 294 g/mol. The van der Waals surface area contributed by atoms with Gasteiger partial charge in [0.15, 0.2) is 5.69 Å². The predicted octanol–water partition coefficient (Wildman–Crippen LogP) is 1.54. The van der Waals surface area contributed by atoms with Crippen LogP contribution in [-0.4, -0.2) is 46.6 Å². The minimum absolute atomic E-state index is 0.107. The molecule has 1 fully saturated rings. The van der Waals surface area contributed by atoms with Crippen molar-refractivity contribution in [2.24, 2.45) is 0 Å². The molecule has 1 heterocycles. The molecule has 0 saturated heterocycles. The van der Waals surface area contributed by atoms with Gasteiger partial charge in [0.25, 0.3) is 0 Å². The minimum atomic E-state index is -3.92. The molecule has 1 aromatic rings. The monoisotopic (exact) mass is 313 g/mol. The lowest BCUT2D eigenvalue weighted by atomic mass is 10.2. The largest absolute Gasteiger partial charge is 0.476 e. The highest BCUT2D eigenvalue weighted by Gasteiger charge is 2.37. The summed E-state index contributed by atoms with van der Waals surface area (Å²) in [5, 5.41) is 15.2. The summed E-state index contributed by atoms with van der Waals surface area (Å²) in [6.45, 7) is 5.27. The fourth-order valence-corrected chi connectivity index (χ4v) is 4.71. The van der Waals surface area contributed by atoms with Crippen LogP contribution in [0.1, 0.15) is 41.9 Å². The van der Waals surface area contributed by atoms with E-state index in [1.165, 1.54) is 17.3 Å². The molecule has 0 aliphatic heterocycles. The maximum Gasteiger partial charge on any atom is 0.357 e. The molecule has 1 aromatic heterocycles. The van der Waals surface area contributed by atoms with E-state index in [-0.39, 0.29) is 23.2 Å². The molecule has 2 N–H and O–H groups in total. The molecule has 1 aliphatic rings. The number of hydrogen-bond acceptors (Lipinski definition) is 4. The lowest BCUT2D eigenvalue weighted by Gasteiger charge is -2.26. The zero-order valence-corrected chi connectivity index (χ0v) is 12.7. The van der Waals surface area contributed by atoms with E-state index in [1.54, 1.807) is 0 Å². The van der Waals surface area contributed by atoms with E-state index in [0.717, 1.165) is 25.7 Å². The molecule has 7 nitrogen and oxygen atoms in total. The summed E-state index contributed by atoms with van der Waals surface area (Å²) >= 11 is 0. The Balaban J connectivity index is 2.50. The van der Waals surface area contributed by atoms with Crippen LogP contribution in [0.25, 0.3) is 0 Å². The molecule has 21 heavy (non-hydrogen) atoms. The second-order valence-corrected chi connectivity index (χ2v) is 6.96. The van der Waals surface area contributed by atoms with Gasteiger partial charge >= 0.3 is 5.97 Å². The van der Waals surface area contributed by atoms with Crippen molar-refractivity contribution >= 4 is 16.0 Å². The number of nitrogens with one attached hydrogen (secondary N) is 1. The third-order valence-corrected chi connectivity index (χ3v) is 5.78. The van der Waals surface area contributed by atoms with Crippen LogP contribution < -0.4 is 0 Å². The van der Waals surface area contributed by atoms with Crippen molar-refractivity contribution in [3.63, 3.8) is 0 Å². The number of hydrogen-bond donors (Lipinski definition) is 2. The summed E-state index contributed by atoms with van der Waals surface area (Å²) in [4.78, 5) is 11.0. The molecule has 2 rings (SSSR count). The van der Waals surface area contributed by atoms with Crippen LogP contribution >= 0.6 is 0 Å². The summed E-state index contributed by atoms with van der Waals surface area (Å²) in [6.07, 6.45) is 5.04. The lowest BCUT2D eigenvalue weighted by Crippen LogP contribution is -2.39. The minimum Gasteiger partial charge on any atom is -0.476 e. The van der Waals surface area contributed by atoms with Crippen LogP contribution in [0.2, 0.25) is 0 Å². The van der Waals surface area contributed by atoms with Crippen LogP contribution in [0.4, 0.5) is 0 Å². The first-order chi connectivity index (χ1) is 9.89. The number of sulfonamides is 1. The zero-order valence-electron chi connectivity index (χ0n) is 11.9. The summed E-state index contributed by atoms with van der Waals surface area (Å²) < 4.78 is 27.1. The second-order valence-electron chi connectivity index (χ2n) is 5.13. The number of aromatic carboxylic acids is 1. The Morgan fingerprint density at radius 1 is 1.52 bits per heavy atom. The summed E-state index contributed by atoms with van der Waals surface area (Å²) in [5.74, 6) is -1.36. The highest BCUT2D eigenvalue weighted by Crippen LogP contribution is 2.30. The van der Waals surface area contributed by atoms with Crippen molar-refractivity contribution in [2.45, 2.75) is 43.5 Å². The Bertz CT molecular complexity index is 644. The molecule has 0 radical (unpaired) electrons. The Hall–Kier alpha value is -1.67. The van der Waals surface area contributed by atoms with Crippen LogP contribution in [0.5, 0.6) is 0 Å². The van der Waals surface area contributed by atoms with E-state index >= 15 is 0 Å². The molecule has 1 aliphatic carbocycles. The number of H-pyrrole nitrogens is 1. The molecule has 0 bridgehead atoms. The van der Waals surface area contributed by atoms with Crippen LogP contribution in [0, 0.1) is 6.92 Å². The average molecular weight is 313 g/mol. The molecule has 1 saturated carbocycles. The number of aryl methyl sites for hydroxylation is 1. The fraction of sp³-hybridized carbons (Fsp3) is 0.538. The van der Waals surface area contributed by atoms with E-state index in [9.17, 15) is 13.2 Å². The third kappa shape index (κ3) is 2.86. The molecule has 116 valence electrons. The van der Waals surface area contributed by atoms with Crippen molar-refractivity contribution in [1.82, 2.24) is 14.5 Å². The number of carboxylic acid groups (broad SMARTS) is 1. The zero-order chi connectivity index (χ0) is 15.6. The van der Waals surface area contributed by atoms with Gasteiger partial charge in [-0.05, 0) is 19.8 Å². The Kier molecular flexibility index (Phi) is 4.48. The molecule has 0 atom stereocenters. The van der Waals surface area contributed by atoms with Crippen LogP contribution in [0.15, 0.2) is 17.6 Å². The topological polar surface area (TPSA) is 103 Å². The van der Waals surface area contributed by atoms with Gasteiger partial charge in [0, 0.05) is 12.6 Å². The van der Waals surface area contributed by atoms with Crippen molar-refractivity contribution in [2.75, 3.05) is 6.54 Å². The Morgan fingerprint density at radius 3 is 2.67 bits per heavy atom. The van der Waals surface area contributed by atoms with Crippen molar-refractivity contribution < 1.29 is 18.3 Å². The predicted molar refractivity (Wildman–Crippen MR) is 76.6 cm³/mol. The van der Waals surface area contributed by atoms with E-state index in [0.29, 0.717) is 0 Å². The number of aromatic nitrogens is 2. The van der Waals surface area contributed by atoms with Gasteiger partial charge in [0.05, 0.1) is 5.69 Å². The van der Waals surface area contributed by atoms with Gasteiger partial charge in [-0.3, -0.25) is 5.10 Å². The van der Waals surface area contributed by atoms with Gasteiger partial charge in [-0.2, -0.15) is 9.40 Å². The lowest BCUT2D eigenvalue weighted by molar-refractivity contribution is 0.0686. The van der Waals surface area contributed by atoms with E-state index in [1.807, 2.05) is 0 Å². The highest BCUT2D eigenvalue weighted by atomic mass is 32.2. The number of aromatic amines is 1. The number of rotatable bonds is 6. The van der Waals surface area contributed by atoms with E-state index in [4.69, 9.17) is 5.11 Å².